The summed E-state index contributed by atoms with van der Waals surface area (Å²) in [5.74, 6) is 5.61. The quantitative estimate of drug-likeness (QED) is 0.646. The van der Waals surface area contributed by atoms with Crippen LogP contribution in [-0.2, 0) is 0 Å². The van der Waals surface area contributed by atoms with Crippen LogP contribution < -0.4 is 11.3 Å². The molecule has 1 aliphatic rings. The number of rotatable bonds is 2. The third-order valence-corrected chi connectivity index (χ3v) is 4.07. The Balaban J connectivity index is 2.21. The van der Waals surface area contributed by atoms with Crippen molar-refractivity contribution in [1.82, 2.24) is 4.98 Å². The van der Waals surface area contributed by atoms with Gasteiger partial charge >= 0.3 is 0 Å². The van der Waals surface area contributed by atoms with Gasteiger partial charge in [-0.15, -0.1) is 0 Å². The van der Waals surface area contributed by atoms with E-state index in [4.69, 9.17) is 17.4 Å². The topological polar surface area (TPSA) is 50.9 Å². The van der Waals surface area contributed by atoms with E-state index in [0.29, 0.717) is 27.5 Å². The van der Waals surface area contributed by atoms with Crippen LogP contribution in [0.4, 0.5) is 10.1 Å². The van der Waals surface area contributed by atoms with Crippen molar-refractivity contribution >= 4 is 28.2 Å². The minimum Gasteiger partial charge on any atom is -0.323 e. The molecule has 100 valence electrons. The molecule has 0 unspecified atom stereocenters. The predicted octanol–water partition coefficient (Wildman–Crippen LogP) is 3.97. The monoisotopic (exact) mass is 279 g/mol. The average Bonchev–Trinajstić information content (AvgIpc) is 2.91. The van der Waals surface area contributed by atoms with E-state index in [2.05, 4.69) is 10.4 Å². The molecule has 1 saturated carbocycles. The summed E-state index contributed by atoms with van der Waals surface area (Å²) < 4.78 is 13.4. The van der Waals surface area contributed by atoms with Crippen LogP contribution in [0.3, 0.4) is 0 Å². The third-order valence-electron chi connectivity index (χ3n) is 3.78. The number of fused-ring (bicyclic) bond motifs is 1. The average molecular weight is 280 g/mol. The number of aromatic nitrogens is 1. The van der Waals surface area contributed by atoms with Gasteiger partial charge < -0.3 is 5.43 Å². The standard InChI is InChI=1S/C14H15ClFN3/c15-11-6-9(16)5-10-13(19-17)7-12(18-14(10)11)8-3-1-2-4-8/h5-8H,1-4,17H2,(H,18,19). The highest BCUT2D eigenvalue weighted by Crippen LogP contribution is 2.37. The van der Waals surface area contributed by atoms with Crippen LogP contribution in [0.1, 0.15) is 37.3 Å². The number of hydrogen-bond donors (Lipinski definition) is 2. The second kappa shape index (κ2) is 4.94. The maximum atomic E-state index is 13.4. The number of nitrogen functional groups attached to an aromatic ring is 1. The number of hydrogen-bond acceptors (Lipinski definition) is 3. The highest BCUT2D eigenvalue weighted by atomic mass is 35.5. The number of benzene rings is 1. The Morgan fingerprint density at radius 3 is 2.68 bits per heavy atom. The highest BCUT2D eigenvalue weighted by Gasteiger charge is 2.20. The van der Waals surface area contributed by atoms with E-state index in [-0.39, 0.29) is 5.82 Å². The fourth-order valence-electron chi connectivity index (χ4n) is 2.82. The van der Waals surface area contributed by atoms with Crippen molar-refractivity contribution < 1.29 is 4.39 Å². The van der Waals surface area contributed by atoms with E-state index in [9.17, 15) is 4.39 Å². The number of nitrogens with one attached hydrogen (secondary N) is 1. The van der Waals surface area contributed by atoms with Gasteiger partial charge in [-0.25, -0.2) is 4.39 Å². The zero-order valence-electron chi connectivity index (χ0n) is 10.4. The number of pyridine rings is 1. The van der Waals surface area contributed by atoms with Crippen molar-refractivity contribution in [3.05, 3.63) is 34.7 Å². The SMILES string of the molecule is NNc1cc(C2CCCC2)nc2c(Cl)cc(F)cc12. The molecule has 5 heteroatoms. The van der Waals surface area contributed by atoms with E-state index in [1.807, 2.05) is 6.07 Å². The molecule has 3 rings (SSSR count). The van der Waals surface area contributed by atoms with Gasteiger partial charge in [0.2, 0.25) is 0 Å². The zero-order chi connectivity index (χ0) is 13.4. The summed E-state index contributed by atoms with van der Waals surface area (Å²) in [6.45, 7) is 0. The van der Waals surface area contributed by atoms with Gasteiger partial charge in [-0.3, -0.25) is 10.8 Å². The smallest absolute Gasteiger partial charge is 0.125 e. The van der Waals surface area contributed by atoms with E-state index < -0.39 is 0 Å². The van der Waals surface area contributed by atoms with Crippen LogP contribution in [-0.4, -0.2) is 4.98 Å². The molecular weight excluding hydrogens is 265 g/mol. The number of nitrogens with zero attached hydrogens (tertiary/aromatic N) is 1. The summed E-state index contributed by atoms with van der Waals surface area (Å²) in [5, 5.41) is 0.945. The van der Waals surface area contributed by atoms with Gasteiger partial charge in [-0.05, 0) is 31.0 Å². The van der Waals surface area contributed by atoms with E-state index in [0.717, 1.165) is 18.5 Å². The first-order chi connectivity index (χ1) is 9.19. The fraction of sp³-hybridized carbons (Fsp3) is 0.357. The molecule has 0 amide bonds. The third kappa shape index (κ3) is 2.26. The van der Waals surface area contributed by atoms with Crippen LogP contribution in [0.25, 0.3) is 10.9 Å². The molecule has 0 atom stereocenters. The van der Waals surface area contributed by atoms with Crippen molar-refractivity contribution in [2.75, 3.05) is 5.43 Å². The van der Waals surface area contributed by atoms with Crippen molar-refractivity contribution in [3.8, 4) is 0 Å². The van der Waals surface area contributed by atoms with Crippen LogP contribution >= 0.6 is 11.6 Å². The molecule has 0 radical (unpaired) electrons. The molecule has 3 nitrogen and oxygen atoms in total. The maximum absolute atomic E-state index is 13.4. The zero-order valence-corrected chi connectivity index (χ0v) is 11.2. The normalized spacial score (nSPS) is 16.2. The summed E-state index contributed by atoms with van der Waals surface area (Å²) in [6.07, 6.45) is 4.74. The van der Waals surface area contributed by atoms with Gasteiger partial charge in [-0.2, -0.15) is 0 Å². The lowest BCUT2D eigenvalue weighted by Crippen LogP contribution is -2.09. The number of anilines is 1. The van der Waals surface area contributed by atoms with E-state index in [1.54, 1.807) is 0 Å². The molecular formula is C14H15ClFN3. The van der Waals surface area contributed by atoms with Crippen molar-refractivity contribution in [1.29, 1.82) is 0 Å². The van der Waals surface area contributed by atoms with E-state index in [1.165, 1.54) is 25.0 Å². The minimum absolute atomic E-state index is 0.325. The molecule has 3 N–H and O–H groups in total. The number of halogens is 2. The molecule has 0 saturated heterocycles. The van der Waals surface area contributed by atoms with Crippen molar-refractivity contribution in [2.45, 2.75) is 31.6 Å². The largest absolute Gasteiger partial charge is 0.323 e. The Morgan fingerprint density at radius 2 is 2.00 bits per heavy atom. The molecule has 0 spiro atoms. The Bertz CT molecular complexity index is 624. The van der Waals surface area contributed by atoms with E-state index >= 15 is 0 Å². The minimum atomic E-state index is -0.385. The summed E-state index contributed by atoms with van der Waals surface area (Å²) in [6, 6.07) is 4.60. The summed E-state index contributed by atoms with van der Waals surface area (Å²) in [5.41, 5.74) is 4.90. The molecule has 19 heavy (non-hydrogen) atoms. The van der Waals surface area contributed by atoms with Gasteiger partial charge in [0.25, 0.3) is 0 Å². The second-order valence-corrected chi connectivity index (χ2v) is 5.41. The van der Waals surface area contributed by atoms with Gasteiger partial charge in [0.15, 0.2) is 0 Å². The first-order valence-corrected chi connectivity index (χ1v) is 6.83. The molecule has 0 bridgehead atoms. The lowest BCUT2D eigenvalue weighted by atomic mass is 10.0. The summed E-state index contributed by atoms with van der Waals surface area (Å²) in [4.78, 5) is 4.61. The number of hydrazine groups is 1. The Kier molecular flexibility index (Phi) is 3.29. The molecule has 1 aromatic heterocycles. The molecule has 1 aliphatic carbocycles. The van der Waals surface area contributed by atoms with Gasteiger partial charge in [0.05, 0.1) is 16.2 Å². The number of nitrogens with two attached hydrogens (primary N) is 1. The predicted molar refractivity (Wildman–Crippen MR) is 75.7 cm³/mol. The Morgan fingerprint density at radius 1 is 1.26 bits per heavy atom. The van der Waals surface area contributed by atoms with Gasteiger partial charge in [-0.1, -0.05) is 24.4 Å². The molecule has 1 fully saturated rings. The summed E-state index contributed by atoms with van der Waals surface area (Å²) in [7, 11) is 0. The molecule has 1 heterocycles. The molecule has 2 aromatic rings. The summed E-state index contributed by atoms with van der Waals surface area (Å²) >= 11 is 6.10. The van der Waals surface area contributed by atoms with Crippen LogP contribution in [0.15, 0.2) is 18.2 Å². The fourth-order valence-corrected chi connectivity index (χ4v) is 3.07. The Hall–Kier alpha value is -1.39. The van der Waals surface area contributed by atoms with Gasteiger partial charge in [0.1, 0.15) is 5.82 Å². The van der Waals surface area contributed by atoms with Crippen LogP contribution in [0.2, 0.25) is 5.02 Å². The van der Waals surface area contributed by atoms with Crippen LogP contribution in [0, 0.1) is 5.82 Å². The second-order valence-electron chi connectivity index (χ2n) is 5.00. The Labute approximate surface area is 115 Å². The molecule has 1 aromatic carbocycles. The van der Waals surface area contributed by atoms with Crippen LogP contribution in [0.5, 0.6) is 0 Å². The lowest BCUT2D eigenvalue weighted by molar-refractivity contribution is 0.629. The highest BCUT2D eigenvalue weighted by molar-refractivity contribution is 6.35. The maximum Gasteiger partial charge on any atom is 0.125 e. The first-order valence-electron chi connectivity index (χ1n) is 6.45. The van der Waals surface area contributed by atoms with Gasteiger partial charge in [0, 0.05) is 17.0 Å². The molecule has 0 aliphatic heterocycles. The lowest BCUT2D eigenvalue weighted by Gasteiger charge is -2.14. The first kappa shape index (κ1) is 12.6. The van der Waals surface area contributed by atoms with Crippen molar-refractivity contribution in [3.63, 3.8) is 0 Å². The van der Waals surface area contributed by atoms with Crippen molar-refractivity contribution in [2.24, 2.45) is 5.84 Å².